The first-order valence-electron chi connectivity index (χ1n) is 7.91. The lowest BCUT2D eigenvalue weighted by molar-refractivity contribution is -0.121. The van der Waals surface area contributed by atoms with Crippen molar-refractivity contribution in [1.29, 1.82) is 0 Å². The van der Waals surface area contributed by atoms with Gasteiger partial charge >= 0.3 is 0 Å². The number of carbonyl (C=O) groups excluding carboxylic acids is 1. The van der Waals surface area contributed by atoms with Gasteiger partial charge in [0.05, 0.1) is 18.3 Å². The van der Waals surface area contributed by atoms with Gasteiger partial charge in [-0.3, -0.25) is 14.2 Å². The van der Waals surface area contributed by atoms with Gasteiger partial charge in [-0.25, -0.2) is 4.98 Å². The summed E-state index contributed by atoms with van der Waals surface area (Å²) in [6.07, 6.45) is 1.44. The lowest BCUT2D eigenvalue weighted by Crippen LogP contribution is -2.34. The van der Waals surface area contributed by atoms with E-state index in [1.54, 1.807) is 7.11 Å². The van der Waals surface area contributed by atoms with Crippen molar-refractivity contribution in [3.05, 3.63) is 52.6 Å². The van der Waals surface area contributed by atoms with Crippen LogP contribution in [0.4, 0.5) is 0 Å². The third kappa shape index (κ3) is 3.62. The molecule has 0 saturated carbocycles. The molecule has 0 bridgehead atoms. The number of hydrogen-bond donors (Lipinski definition) is 1. The Morgan fingerprint density at radius 1 is 1.32 bits per heavy atom. The van der Waals surface area contributed by atoms with Crippen molar-refractivity contribution in [2.45, 2.75) is 13.5 Å². The summed E-state index contributed by atoms with van der Waals surface area (Å²) in [5, 5.41) is 3.28. The molecule has 0 radical (unpaired) electrons. The van der Waals surface area contributed by atoms with Crippen molar-refractivity contribution in [2.24, 2.45) is 0 Å². The van der Waals surface area contributed by atoms with E-state index in [9.17, 15) is 9.59 Å². The number of aromatic nitrogens is 2. The minimum Gasteiger partial charge on any atom is -0.383 e. The van der Waals surface area contributed by atoms with Gasteiger partial charge in [-0.2, -0.15) is 0 Å². The fourth-order valence-corrected chi connectivity index (χ4v) is 3.78. The molecule has 6 nitrogen and oxygen atoms in total. The number of aryl methyl sites for hydroxylation is 1. The summed E-state index contributed by atoms with van der Waals surface area (Å²) in [7, 11) is 1.57. The maximum absolute atomic E-state index is 12.8. The molecule has 0 fully saturated rings. The van der Waals surface area contributed by atoms with E-state index in [-0.39, 0.29) is 18.0 Å². The number of ether oxygens (including phenoxy) is 1. The molecule has 0 spiro atoms. The largest absolute Gasteiger partial charge is 0.383 e. The van der Waals surface area contributed by atoms with Crippen LogP contribution in [0.2, 0.25) is 0 Å². The van der Waals surface area contributed by atoms with E-state index in [2.05, 4.69) is 10.3 Å². The van der Waals surface area contributed by atoms with E-state index >= 15 is 0 Å². The molecule has 3 rings (SSSR count). The highest BCUT2D eigenvalue weighted by Gasteiger charge is 2.16. The number of nitrogens with one attached hydrogen (secondary N) is 1. The summed E-state index contributed by atoms with van der Waals surface area (Å²) in [4.78, 5) is 30.8. The van der Waals surface area contributed by atoms with Crippen LogP contribution < -0.4 is 10.9 Å². The zero-order valence-electron chi connectivity index (χ0n) is 14.1. The van der Waals surface area contributed by atoms with Crippen LogP contribution >= 0.6 is 11.3 Å². The first-order chi connectivity index (χ1) is 12.1. The Labute approximate surface area is 149 Å². The highest BCUT2D eigenvalue weighted by atomic mass is 32.1. The fraction of sp³-hybridized carbons (Fsp3) is 0.278. The first-order valence-corrected chi connectivity index (χ1v) is 8.73. The SMILES string of the molecule is COCCNC(=O)Cn1cnc2sc(-c3ccccc3)c(C)c2c1=O. The third-order valence-electron chi connectivity index (χ3n) is 3.90. The van der Waals surface area contributed by atoms with E-state index in [0.717, 1.165) is 16.0 Å². The summed E-state index contributed by atoms with van der Waals surface area (Å²) in [6.45, 7) is 2.71. The van der Waals surface area contributed by atoms with Crippen LogP contribution in [0.15, 0.2) is 41.5 Å². The Hall–Kier alpha value is -2.51. The molecule has 1 aromatic carbocycles. The van der Waals surface area contributed by atoms with Crippen LogP contribution in [0.25, 0.3) is 20.7 Å². The van der Waals surface area contributed by atoms with Gasteiger partial charge in [0.15, 0.2) is 0 Å². The van der Waals surface area contributed by atoms with Gasteiger partial charge in [0, 0.05) is 18.5 Å². The molecular formula is C18H19N3O3S. The van der Waals surface area contributed by atoms with Crippen molar-refractivity contribution in [1.82, 2.24) is 14.9 Å². The molecule has 25 heavy (non-hydrogen) atoms. The molecule has 0 aliphatic rings. The zero-order valence-corrected chi connectivity index (χ0v) is 14.9. The minimum absolute atomic E-state index is 0.0541. The molecule has 1 amide bonds. The molecule has 1 N–H and O–H groups in total. The molecular weight excluding hydrogens is 338 g/mol. The predicted molar refractivity (Wildman–Crippen MR) is 98.9 cm³/mol. The highest BCUT2D eigenvalue weighted by molar-refractivity contribution is 7.22. The van der Waals surface area contributed by atoms with Crippen molar-refractivity contribution < 1.29 is 9.53 Å². The number of amides is 1. The lowest BCUT2D eigenvalue weighted by atomic mass is 10.1. The maximum Gasteiger partial charge on any atom is 0.262 e. The van der Waals surface area contributed by atoms with E-state index in [4.69, 9.17) is 4.74 Å². The van der Waals surface area contributed by atoms with Gasteiger partial charge in [-0.1, -0.05) is 30.3 Å². The molecule has 0 unspecified atom stereocenters. The zero-order chi connectivity index (χ0) is 17.8. The smallest absolute Gasteiger partial charge is 0.262 e. The van der Waals surface area contributed by atoms with Gasteiger partial charge in [0.1, 0.15) is 11.4 Å². The van der Waals surface area contributed by atoms with Crippen molar-refractivity contribution >= 4 is 27.5 Å². The van der Waals surface area contributed by atoms with Crippen molar-refractivity contribution in [2.75, 3.05) is 20.3 Å². The molecule has 0 aliphatic heterocycles. The number of carbonyl (C=O) groups is 1. The van der Waals surface area contributed by atoms with E-state index in [1.165, 1.54) is 22.2 Å². The number of methoxy groups -OCH3 is 1. The Bertz CT molecular complexity index is 947. The Morgan fingerprint density at radius 3 is 2.80 bits per heavy atom. The topological polar surface area (TPSA) is 73.2 Å². The third-order valence-corrected chi connectivity index (χ3v) is 5.14. The van der Waals surface area contributed by atoms with Crippen LogP contribution in [-0.4, -0.2) is 35.7 Å². The van der Waals surface area contributed by atoms with Gasteiger partial charge in [0.2, 0.25) is 5.91 Å². The Kier molecular flexibility index (Phi) is 5.25. The fourth-order valence-electron chi connectivity index (χ4n) is 2.64. The molecule has 0 atom stereocenters. The van der Waals surface area contributed by atoms with Gasteiger partial charge < -0.3 is 10.1 Å². The molecule has 3 aromatic rings. The average Bonchev–Trinajstić information content (AvgIpc) is 2.96. The van der Waals surface area contributed by atoms with Gasteiger partial charge in [-0.15, -0.1) is 11.3 Å². The average molecular weight is 357 g/mol. The molecule has 7 heteroatoms. The number of thiophene rings is 1. The second kappa shape index (κ2) is 7.58. The quantitative estimate of drug-likeness (QED) is 0.687. The summed E-state index contributed by atoms with van der Waals surface area (Å²) in [5.41, 5.74) is 1.77. The second-order valence-electron chi connectivity index (χ2n) is 5.62. The number of fused-ring (bicyclic) bond motifs is 1. The van der Waals surface area contributed by atoms with E-state index in [0.29, 0.717) is 23.4 Å². The Balaban J connectivity index is 1.93. The summed E-state index contributed by atoms with van der Waals surface area (Å²) in [5.74, 6) is -0.239. The molecule has 2 aromatic heterocycles. The molecule has 0 aliphatic carbocycles. The Morgan fingerprint density at radius 2 is 2.08 bits per heavy atom. The van der Waals surface area contributed by atoms with Gasteiger partial charge in [0.25, 0.3) is 5.56 Å². The monoisotopic (exact) mass is 357 g/mol. The minimum atomic E-state index is -0.239. The highest BCUT2D eigenvalue weighted by Crippen LogP contribution is 2.35. The van der Waals surface area contributed by atoms with Gasteiger partial charge in [-0.05, 0) is 18.1 Å². The molecule has 130 valence electrons. The van der Waals surface area contributed by atoms with E-state index < -0.39 is 0 Å². The van der Waals surface area contributed by atoms with Crippen molar-refractivity contribution in [3.63, 3.8) is 0 Å². The number of nitrogens with zero attached hydrogens (tertiary/aromatic N) is 2. The molecule has 2 heterocycles. The summed E-state index contributed by atoms with van der Waals surface area (Å²) >= 11 is 1.49. The number of rotatable bonds is 6. The predicted octanol–water partition coefficient (Wildman–Crippen LogP) is 2.20. The molecule has 0 saturated heterocycles. The van der Waals surface area contributed by atoms with Crippen molar-refractivity contribution in [3.8, 4) is 10.4 Å². The van der Waals surface area contributed by atoms with Crippen LogP contribution in [0.3, 0.4) is 0 Å². The van der Waals surface area contributed by atoms with Crippen LogP contribution in [0.1, 0.15) is 5.56 Å². The lowest BCUT2D eigenvalue weighted by Gasteiger charge is -2.06. The second-order valence-corrected chi connectivity index (χ2v) is 6.62. The van der Waals surface area contributed by atoms with Crippen LogP contribution in [0, 0.1) is 6.92 Å². The standard InChI is InChI=1S/C18H19N3O3S/c1-12-15-17(25-16(12)13-6-4-3-5-7-13)20-11-21(18(15)23)10-14(22)19-8-9-24-2/h3-7,11H,8-10H2,1-2H3,(H,19,22). The number of benzene rings is 1. The summed E-state index contributed by atoms with van der Waals surface area (Å²) in [6, 6.07) is 9.92. The summed E-state index contributed by atoms with van der Waals surface area (Å²) < 4.78 is 6.24. The van der Waals surface area contributed by atoms with E-state index in [1.807, 2.05) is 37.3 Å². The van der Waals surface area contributed by atoms with Crippen LogP contribution in [0.5, 0.6) is 0 Å². The normalized spacial score (nSPS) is 11.0. The maximum atomic E-state index is 12.8. The number of hydrogen-bond acceptors (Lipinski definition) is 5. The van der Waals surface area contributed by atoms with Crippen LogP contribution in [-0.2, 0) is 16.1 Å². The first kappa shape index (κ1) is 17.3.